The number of ether oxygens (including phenoxy) is 1. The van der Waals surface area contributed by atoms with Crippen molar-refractivity contribution in [2.75, 3.05) is 13.2 Å². The lowest BCUT2D eigenvalue weighted by Crippen LogP contribution is -2.40. The number of carboxylic acid groups (broad SMARTS) is 2. The number of carboxylic acids is 2. The van der Waals surface area contributed by atoms with Crippen molar-refractivity contribution >= 4 is 35.2 Å². The van der Waals surface area contributed by atoms with Crippen LogP contribution in [0, 0.1) is 6.92 Å². The molecule has 4 N–H and O–H groups in total. The van der Waals surface area contributed by atoms with Crippen molar-refractivity contribution < 1.29 is 34.1 Å². The van der Waals surface area contributed by atoms with Crippen LogP contribution in [-0.2, 0) is 4.79 Å². The Labute approximate surface area is 163 Å². The van der Waals surface area contributed by atoms with Crippen molar-refractivity contribution in [3.05, 3.63) is 40.3 Å². The molecule has 148 valence electrons. The number of carbonyl (C=O) groups is 4. The Bertz CT molecular complexity index is 934. The summed E-state index contributed by atoms with van der Waals surface area (Å²) < 4.78 is 5.15. The van der Waals surface area contributed by atoms with Gasteiger partial charge in [-0.3, -0.25) is 9.69 Å². The zero-order valence-corrected chi connectivity index (χ0v) is 15.9. The lowest BCUT2D eigenvalue weighted by Gasteiger charge is -2.16. The zero-order valence-electron chi connectivity index (χ0n) is 15.1. The number of nitrogens with two attached hydrogens (primary N) is 1. The summed E-state index contributed by atoms with van der Waals surface area (Å²) in [6.07, 6.45) is 0. The van der Waals surface area contributed by atoms with Crippen LogP contribution in [0.1, 0.15) is 32.5 Å². The van der Waals surface area contributed by atoms with Gasteiger partial charge in [-0.05, 0) is 31.5 Å². The number of nitrogens with zero attached hydrogens (tertiary/aromatic N) is 1. The Hall–Kier alpha value is -3.40. The molecule has 0 fully saturated rings. The first-order valence-corrected chi connectivity index (χ1v) is 8.92. The molecule has 0 aliphatic rings. The second-order valence-electron chi connectivity index (χ2n) is 5.67. The molecule has 0 aliphatic heterocycles. The summed E-state index contributed by atoms with van der Waals surface area (Å²) >= 11 is 0.942. The van der Waals surface area contributed by atoms with Crippen LogP contribution in [0.25, 0.3) is 10.4 Å². The van der Waals surface area contributed by atoms with Crippen LogP contribution in [0.15, 0.2) is 24.3 Å². The van der Waals surface area contributed by atoms with Gasteiger partial charge in [0.25, 0.3) is 5.91 Å². The van der Waals surface area contributed by atoms with E-state index in [4.69, 9.17) is 15.6 Å². The number of rotatable bonds is 7. The average molecular weight is 406 g/mol. The number of aromatic carboxylic acids is 1. The zero-order chi connectivity index (χ0) is 21.0. The molecule has 0 radical (unpaired) electrons. The minimum absolute atomic E-state index is 0.000870. The van der Waals surface area contributed by atoms with E-state index in [9.17, 15) is 24.3 Å². The summed E-state index contributed by atoms with van der Waals surface area (Å²) in [5.41, 5.74) is 6.53. The number of urea groups is 1. The van der Waals surface area contributed by atoms with Crippen LogP contribution in [-0.4, -0.2) is 52.1 Å². The number of primary amides is 1. The van der Waals surface area contributed by atoms with Gasteiger partial charge in [0.1, 0.15) is 5.75 Å². The van der Waals surface area contributed by atoms with Gasteiger partial charge in [0.05, 0.1) is 0 Å². The van der Waals surface area contributed by atoms with Gasteiger partial charge in [0.2, 0.25) is 0 Å². The fraction of sp³-hybridized carbons (Fsp3) is 0.222. The second-order valence-corrected chi connectivity index (χ2v) is 6.69. The molecule has 28 heavy (non-hydrogen) atoms. The van der Waals surface area contributed by atoms with E-state index in [1.165, 1.54) is 12.1 Å². The van der Waals surface area contributed by atoms with Crippen molar-refractivity contribution in [1.29, 1.82) is 0 Å². The number of hydrogen-bond acceptors (Lipinski definition) is 6. The topological polar surface area (TPSA) is 147 Å². The normalized spacial score (nSPS) is 10.4. The molecule has 1 aromatic heterocycles. The Kier molecular flexibility index (Phi) is 6.37. The fourth-order valence-electron chi connectivity index (χ4n) is 2.54. The van der Waals surface area contributed by atoms with Crippen LogP contribution in [0.5, 0.6) is 5.75 Å². The van der Waals surface area contributed by atoms with Gasteiger partial charge in [-0.1, -0.05) is 12.1 Å². The first-order chi connectivity index (χ1) is 13.2. The Morgan fingerprint density at radius 1 is 1.14 bits per heavy atom. The van der Waals surface area contributed by atoms with E-state index in [2.05, 4.69) is 0 Å². The van der Waals surface area contributed by atoms with Crippen LogP contribution in [0.3, 0.4) is 0 Å². The smallest absolute Gasteiger partial charge is 0.349 e. The van der Waals surface area contributed by atoms with Crippen LogP contribution >= 0.6 is 11.3 Å². The van der Waals surface area contributed by atoms with E-state index in [-0.39, 0.29) is 22.7 Å². The summed E-state index contributed by atoms with van der Waals surface area (Å²) in [7, 11) is 0. The van der Waals surface area contributed by atoms with E-state index in [1.807, 2.05) is 0 Å². The van der Waals surface area contributed by atoms with Crippen molar-refractivity contribution in [2.24, 2.45) is 5.73 Å². The quantitative estimate of drug-likeness (QED) is 0.639. The van der Waals surface area contributed by atoms with Gasteiger partial charge in [0.15, 0.2) is 11.5 Å². The third-order valence-electron chi connectivity index (χ3n) is 3.85. The highest BCUT2D eigenvalue weighted by Crippen LogP contribution is 2.41. The molecule has 0 aliphatic carbocycles. The highest BCUT2D eigenvalue weighted by Gasteiger charge is 2.24. The van der Waals surface area contributed by atoms with E-state index < -0.39 is 30.5 Å². The Morgan fingerprint density at radius 2 is 1.75 bits per heavy atom. The average Bonchev–Trinajstić information content (AvgIpc) is 2.97. The Balaban J connectivity index is 2.39. The molecule has 9 nitrogen and oxygen atoms in total. The van der Waals surface area contributed by atoms with Crippen LogP contribution < -0.4 is 10.5 Å². The molecule has 2 aromatic rings. The lowest BCUT2D eigenvalue weighted by molar-refractivity contribution is -0.139. The summed E-state index contributed by atoms with van der Waals surface area (Å²) in [6.45, 7) is 2.72. The van der Waals surface area contributed by atoms with Gasteiger partial charge in [-0.2, -0.15) is 0 Å². The molecule has 1 heterocycles. The fourth-order valence-corrected chi connectivity index (χ4v) is 3.64. The van der Waals surface area contributed by atoms with Crippen molar-refractivity contribution in [3.8, 4) is 16.2 Å². The monoisotopic (exact) mass is 406 g/mol. The molecule has 0 spiro atoms. The van der Waals surface area contributed by atoms with Crippen LogP contribution in [0.2, 0.25) is 0 Å². The number of benzene rings is 1. The minimum atomic E-state index is -1.23. The standard InChI is InChI=1S/C18H18N2O7S/c1-3-20(18(19)26)16(23)11-6-4-10(5-7-11)14-9(2)13(27-8-12(21)22)15(28-14)17(24)25/h4-7H,3,8H2,1-2H3,(H2,19,26)(H,21,22)(H,24,25). The molecular formula is C18H18N2O7S. The maximum absolute atomic E-state index is 12.3. The largest absolute Gasteiger partial charge is 0.480 e. The highest BCUT2D eigenvalue weighted by molar-refractivity contribution is 7.18. The minimum Gasteiger partial charge on any atom is -0.480 e. The second kappa shape index (κ2) is 8.53. The number of imide groups is 1. The number of hydrogen-bond donors (Lipinski definition) is 3. The molecular weight excluding hydrogens is 388 g/mol. The summed E-state index contributed by atoms with van der Waals surface area (Å²) in [5, 5.41) is 18.1. The van der Waals surface area contributed by atoms with Crippen molar-refractivity contribution in [3.63, 3.8) is 0 Å². The van der Waals surface area contributed by atoms with Gasteiger partial charge in [-0.25, -0.2) is 14.4 Å². The van der Waals surface area contributed by atoms with E-state index in [1.54, 1.807) is 26.0 Å². The lowest BCUT2D eigenvalue weighted by atomic mass is 10.1. The third-order valence-corrected chi connectivity index (χ3v) is 5.16. The first kappa shape index (κ1) is 20.9. The molecule has 0 atom stereocenters. The maximum Gasteiger partial charge on any atom is 0.349 e. The van der Waals surface area contributed by atoms with Crippen molar-refractivity contribution in [1.82, 2.24) is 4.90 Å². The Morgan fingerprint density at radius 3 is 2.21 bits per heavy atom. The van der Waals surface area contributed by atoms with E-state index in [0.29, 0.717) is 16.0 Å². The number of thiophene rings is 1. The molecule has 0 unspecified atom stereocenters. The highest BCUT2D eigenvalue weighted by atomic mass is 32.1. The molecule has 0 saturated heterocycles. The SMILES string of the molecule is CCN(C(N)=O)C(=O)c1ccc(-c2sc(C(=O)O)c(OCC(=O)O)c2C)cc1. The van der Waals surface area contributed by atoms with Gasteiger partial charge in [0, 0.05) is 22.5 Å². The third kappa shape index (κ3) is 4.29. The number of carbonyl (C=O) groups excluding carboxylic acids is 2. The molecule has 2 rings (SSSR count). The summed E-state index contributed by atoms with van der Waals surface area (Å²) in [4.78, 5) is 47.2. The predicted molar refractivity (Wildman–Crippen MR) is 101 cm³/mol. The predicted octanol–water partition coefficient (Wildman–Crippen LogP) is 2.43. The molecule has 0 bridgehead atoms. The molecule has 1 aromatic carbocycles. The number of amides is 3. The maximum atomic E-state index is 12.3. The van der Waals surface area contributed by atoms with Gasteiger partial charge < -0.3 is 20.7 Å². The van der Waals surface area contributed by atoms with Crippen molar-refractivity contribution in [2.45, 2.75) is 13.8 Å². The molecule has 0 saturated carbocycles. The van der Waals surface area contributed by atoms with Crippen LogP contribution in [0.4, 0.5) is 4.79 Å². The molecule has 10 heteroatoms. The van der Waals surface area contributed by atoms with Gasteiger partial charge >= 0.3 is 18.0 Å². The van der Waals surface area contributed by atoms with E-state index >= 15 is 0 Å². The first-order valence-electron chi connectivity index (χ1n) is 8.10. The van der Waals surface area contributed by atoms with E-state index in [0.717, 1.165) is 16.2 Å². The summed E-state index contributed by atoms with van der Waals surface area (Å²) in [5.74, 6) is -2.99. The number of aliphatic carboxylic acids is 1. The molecule has 3 amide bonds. The van der Waals surface area contributed by atoms with Gasteiger partial charge in [-0.15, -0.1) is 11.3 Å². The summed E-state index contributed by atoms with van der Waals surface area (Å²) in [6, 6.07) is 5.36.